The van der Waals surface area contributed by atoms with Gasteiger partial charge in [-0.05, 0) is 50.1 Å². The van der Waals surface area contributed by atoms with Gasteiger partial charge >= 0.3 is 0 Å². The number of hydrogen-bond donors (Lipinski definition) is 2. The zero-order chi connectivity index (χ0) is 23.5. The molecule has 1 fully saturated rings. The van der Waals surface area contributed by atoms with Crippen LogP contribution in [0.3, 0.4) is 0 Å². The molecule has 0 atom stereocenters. The number of anilines is 1. The first-order valence-corrected chi connectivity index (χ1v) is 12.0. The van der Waals surface area contributed by atoms with E-state index >= 15 is 0 Å². The molecule has 170 valence electrons. The van der Waals surface area contributed by atoms with Crippen LogP contribution in [0.5, 0.6) is 0 Å². The molecular formula is C23H27N3O5S. The first kappa shape index (κ1) is 23.5. The summed E-state index contributed by atoms with van der Waals surface area (Å²) in [4.78, 5) is 38.1. The van der Waals surface area contributed by atoms with E-state index in [1.54, 1.807) is 24.0 Å². The van der Waals surface area contributed by atoms with E-state index in [9.17, 15) is 22.8 Å². The molecule has 1 aliphatic heterocycles. The molecule has 0 aliphatic carbocycles. The molecule has 3 rings (SSSR count). The Hall–Kier alpha value is -3.20. The van der Waals surface area contributed by atoms with Crippen molar-refractivity contribution in [3.05, 3.63) is 53.6 Å². The molecule has 8 nitrogen and oxygen atoms in total. The Balaban J connectivity index is 1.95. The SMILES string of the molecule is CCC(=O)Nc1cc(C(=O)N2CCC(C(N)=O)CC2)ccc1S(=O)(=O)c1ccc(C)cc1. The number of likely N-dealkylation sites (tertiary alicyclic amines) is 1. The fourth-order valence-corrected chi connectivity index (χ4v) is 5.02. The Morgan fingerprint density at radius 1 is 1.06 bits per heavy atom. The normalized spacial score (nSPS) is 14.8. The number of rotatable bonds is 6. The van der Waals surface area contributed by atoms with Crippen molar-refractivity contribution in [2.75, 3.05) is 18.4 Å². The number of primary amides is 1. The van der Waals surface area contributed by atoms with Gasteiger partial charge in [0.2, 0.25) is 21.7 Å². The molecule has 1 saturated heterocycles. The van der Waals surface area contributed by atoms with Gasteiger partial charge in [-0.1, -0.05) is 24.6 Å². The number of amides is 3. The average Bonchev–Trinajstić information content (AvgIpc) is 2.78. The summed E-state index contributed by atoms with van der Waals surface area (Å²) < 4.78 is 26.5. The summed E-state index contributed by atoms with van der Waals surface area (Å²) >= 11 is 0. The third-order valence-corrected chi connectivity index (χ3v) is 7.45. The Labute approximate surface area is 187 Å². The maximum atomic E-state index is 13.2. The van der Waals surface area contributed by atoms with Crippen LogP contribution < -0.4 is 11.1 Å². The Bertz CT molecular complexity index is 1130. The number of sulfone groups is 1. The van der Waals surface area contributed by atoms with E-state index in [-0.39, 0.29) is 51.1 Å². The fraction of sp³-hybridized carbons (Fsp3) is 0.348. The van der Waals surface area contributed by atoms with Crippen LogP contribution in [0.15, 0.2) is 52.3 Å². The second-order valence-corrected chi connectivity index (χ2v) is 9.82. The van der Waals surface area contributed by atoms with Crippen molar-refractivity contribution in [1.82, 2.24) is 4.90 Å². The fourth-order valence-electron chi connectivity index (χ4n) is 3.63. The van der Waals surface area contributed by atoms with E-state index in [0.717, 1.165) is 5.56 Å². The van der Waals surface area contributed by atoms with E-state index < -0.39 is 9.84 Å². The van der Waals surface area contributed by atoms with E-state index in [1.807, 2.05) is 6.92 Å². The van der Waals surface area contributed by atoms with Crippen molar-refractivity contribution in [2.45, 2.75) is 42.9 Å². The highest BCUT2D eigenvalue weighted by molar-refractivity contribution is 7.91. The largest absolute Gasteiger partial charge is 0.369 e. The quantitative estimate of drug-likeness (QED) is 0.689. The van der Waals surface area contributed by atoms with Crippen LogP contribution in [-0.4, -0.2) is 44.1 Å². The van der Waals surface area contributed by atoms with E-state index in [0.29, 0.717) is 25.9 Å². The molecule has 32 heavy (non-hydrogen) atoms. The third kappa shape index (κ3) is 4.99. The van der Waals surface area contributed by atoms with Crippen molar-refractivity contribution in [3.63, 3.8) is 0 Å². The van der Waals surface area contributed by atoms with Crippen molar-refractivity contribution < 1.29 is 22.8 Å². The lowest BCUT2D eigenvalue weighted by Gasteiger charge is -2.30. The summed E-state index contributed by atoms with van der Waals surface area (Å²) in [7, 11) is -3.92. The number of benzene rings is 2. The number of hydrogen-bond acceptors (Lipinski definition) is 5. The molecule has 0 unspecified atom stereocenters. The van der Waals surface area contributed by atoms with Crippen molar-refractivity contribution in [1.29, 1.82) is 0 Å². The smallest absolute Gasteiger partial charge is 0.253 e. The van der Waals surface area contributed by atoms with Gasteiger partial charge in [0.05, 0.1) is 15.5 Å². The molecule has 1 heterocycles. The van der Waals surface area contributed by atoms with Gasteiger partial charge in [-0.3, -0.25) is 14.4 Å². The van der Waals surface area contributed by atoms with Crippen molar-refractivity contribution >= 4 is 33.2 Å². The van der Waals surface area contributed by atoms with E-state index in [1.165, 1.54) is 30.3 Å². The zero-order valence-corrected chi connectivity index (χ0v) is 18.9. The maximum absolute atomic E-state index is 13.2. The molecule has 0 saturated carbocycles. The van der Waals surface area contributed by atoms with Crippen LogP contribution >= 0.6 is 0 Å². The highest BCUT2D eigenvalue weighted by atomic mass is 32.2. The van der Waals surface area contributed by atoms with Gasteiger partial charge < -0.3 is 16.0 Å². The van der Waals surface area contributed by atoms with Gasteiger partial charge in [0.15, 0.2) is 0 Å². The summed E-state index contributed by atoms with van der Waals surface area (Å²) in [6.45, 7) is 4.27. The van der Waals surface area contributed by atoms with Crippen LogP contribution in [0.2, 0.25) is 0 Å². The second-order valence-electron chi connectivity index (χ2n) is 7.90. The van der Waals surface area contributed by atoms with Gasteiger partial charge in [0, 0.05) is 31.0 Å². The first-order valence-electron chi connectivity index (χ1n) is 10.5. The Morgan fingerprint density at radius 3 is 2.25 bits per heavy atom. The monoisotopic (exact) mass is 457 g/mol. The molecule has 3 N–H and O–H groups in total. The van der Waals surface area contributed by atoms with Gasteiger partial charge in [0.1, 0.15) is 0 Å². The minimum Gasteiger partial charge on any atom is -0.369 e. The summed E-state index contributed by atoms with van der Waals surface area (Å²) in [5.41, 5.74) is 6.60. The van der Waals surface area contributed by atoms with Crippen molar-refractivity contribution in [2.24, 2.45) is 11.7 Å². The Morgan fingerprint density at radius 2 is 1.69 bits per heavy atom. The summed E-state index contributed by atoms with van der Waals surface area (Å²) in [5, 5.41) is 2.62. The number of aryl methyl sites for hydroxylation is 1. The third-order valence-electron chi connectivity index (χ3n) is 5.63. The van der Waals surface area contributed by atoms with E-state index in [2.05, 4.69) is 5.32 Å². The van der Waals surface area contributed by atoms with Crippen LogP contribution in [0.1, 0.15) is 42.1 Å². The minimum atomic E-state index is -3.92. The maximum Gasteiger partial charge on any atom is 0.253 e. The lowest BCUT2D eigenvalue weighted by atomic mass is 9.96. The second kappa shape index (κ2) is 9.52. The average molecular weight is 458 g/mol. The van der Waals surface area contributed by atoms with E-state index in [4.69, 9.17) is 5.73 Å². The molecule has 9 heteroatoms. The van der Waals surface area contributed by atoms with Gasteiger partial charge in [0.25, 0.3) is 5.91 Å². The molecule has 2 aromatic rings. The molecule has 0 bridgehead atoms. The predicted octanol–water partition coefficient (Wildman–Crippen LogP) is 2.51. The molecule has 0 radical (unpaired) electrons. The van der Waals surface area contributed by atoms with Crippen LogP contribution in [-0.2, 0) is 19.4 Å². The number of carbonyl (C=O) groups excluding carboxylic acids is 3. The van der Waals surface area contributed by atoms with Crippen molar-refractivity contribution in [3.8, 4) is 0 Å². The number of piperidine rings is 1. The number of nitrogens with two attached hydrogens (primary N) is 1. The molecule has 1 aliphatic rings. The lowest BCUT2D eigenvalue weighted by molar-refractivity contribution is -0.123. The minimum absolute atomic E-state index is 0.0651. The predicted molar refractivity (Wildman–Crippen MR) is 120 cm³/mol. The first-order chi connectivity index (χ1) is 15.1. The number of nitrogens with zero attached hydrogens (tertiary/aromatic N) is 1. The number of carbonyl (C=O) groups is 3. The summed E-state index contributed by atoms with van der Waals surface area (Å²) in [5.74, 6) is -1.27. The Kier molecular flexibility index (Phi) is 6.98. The summed E-state index contributed by atoms with van der Waals surface area (Å²) in [6, 6.07) is 10.6. The van der Waals surface area contributed by atoms with Gasteiger partial charge in [-0.2, -0.15) is 0 Å². The van der Waals surface area contributed by atoms with Gasteiger partial charge in [-0.25, -0.2) is 8.42 Å². The van der Waals surface area contributed by atoms with Crippen LogP contribution in [0.4, 0.5) is 5.69 Å². The highest BCUT2D eigenvalue weighted by Crippen LogP contribution is 2.30. The van der Waals surface area contributed by atoms with Crippen LogP contribution in [0, 0.1) is 12.8 Å². The zero-order valence-electron chi connectivity index (χ0n) is 18.1. The lowest BCUT2D eigenvalue weighted by Crippen LogP contribution is -2.41. The standard InChI is InChI=1S/C23H27N3O5S/c1-3-21(27)25-19-14-17(23(29)26-12-10-16(11-13-26)22(24)28)6-9-20(19)32(30,31)18-7-4-15(2)5-8-18/h4-9,14,16H,3,10-13H2,1-2H3,(H2,24,28)(H,25,27). The van der Waals surface area contributed by atoms with Gasteiger partial charge in [-0.15, -0.1) is 0 Å². The molecule has 0 aromatic heterocycles. The molecule has 0 spiro atoms. The summed E-state index contributed by atoms with van der Waals surface area (Å²) in [6.07, 6.45) is 1.13. The number of nitrogens with one attached hydrogen (secondary N) is 1. The van der Waals surface area contributed by atoms with Crippen LogP contribution in [0.25, 0.3) is 0 Å². The topological polar surface area (TPSA) is 127 Å². The highest BCUT2D eigenvalue weighted by Gasteiger charge is 2.28. The molecule has 3 amide bonds. The molecular weight excluding hydrogens is 430 g/mol. The molecule has 2 aromatic carbocycles.